The van der Waals surface area contributed by atoms with E-state index in [1.54, 1.807) is 0 Å². The van der Waals surface area contributed by atoms with Gasteiger partial charge in [-0.25, -0.2) is 8.42 Å². The van der Waals surface area contributed by atoms with Crippen molar-refractivity contribution in [2.24, 2.45) is 11.8 Å². The maximum Gasteiger partial charge on any atom is 0.150 e. The molecular weight excluding hydrogens is 284 g/mol. The molecule has 118 valence electrons. The molecule has 0 aliphatic carbocycles. The molecule has 1 aromatic carbocycles. The van der Waals surface area contributed by atoms with E-state index in [-0.39, 0.29) is 17.4 Å². The van der Waals surface area contributed by atoms with Gasteiger partial charge in [-0.1, -0.05) is 45.0 Å². The molecule has 0 radical (unpaired) electrons. The smallest absolute Gasteiger partial charge is 0.150 e. The van der Waals surface area contributed by atoms with E-state index in [1.807, 2.05) is 0 Å². The first kappa shape index (κ1) is 16.5. The lowest BCUT2D eigenvalue weighted by atomic mass is 9.85. The first-order valence-corrected chi connectivity index (χ1v) is 9.30. The molecule has 1 aliphatic heterocycles. The van der Waals surface area contributed by atoms with Gasteiger partial charge in [-0.05, 0) is 35.3 Å². The topological polar surface area (TPSA) is 72.2 Å². The highest BCUT2D eigenvalue weighted by atomic mass is 32.2. The third-order valence-corrected chi connectivity index (χ3v) is 6.11. The highest BCUT2D eigenvalue weighted by Crippen LogP contribution is 2.30. The van der Waals surface area contributed by atoms with E-state index >= 15 is 0 Å². The van der Waals surface area contributed by atoms with Crippen molar-refractivity contribution in [3.05, 3.63) is 35.4 Å². The van der Waals surface area contributed by atoms with Gasteiger partial charge < -0.3 is 0 Å². The van der Waals surface area contributed by atoms with Gasteiger partial charge in [0, 0.05) is 6.04 Å². The predicted molar refractivity (Wildman–Crippen MR) is 86.6 cm³/mol. The number of hydrazine groups is 1. The molecule has 1 fully saturated rings. The quantitative estimate of drug-likeness (QED) is 0.661. The van der Waals surface area contributed by atoms with Gasteiger partial charge in [-0.15, -0.1) is 0 Å². The lowest BCUT2D eigenvalue weighted by Gasteiger charge is -2.22. The average Bonchev–Trinajstić information content (AvgIpc) is 2.74. The first-order chi connectivity index (χ1) is 9.71. The summed E-state index contributed by atoms with van der Waals surface area (Å²) in [4.78, 5) is 0. The fourth-order valence-electron chi connectivity index (χ4n) is 2.91. The summed E-state index contributed by atoms with van der Waals surface area (Å²) in [6.07, 6.45) is 1.52. The van der Waals surface area contributed by atoms with Gasteiger partial charge in [0.1, 0.15) is 0 Å². The largest absolute Gasteiger partial charge is 0.271 e. The van der Waals surface area contributed by atoms with Gasteiger partial charge in [-0.2, -0.15) is 0 Å². The second-order valence-corrected chi connectivity index (χ2v) is 9.32. The molecule has 21 heavy (non-hydrogen) atoms. The van der Waals surface area contributed by atoms with Crippen molar-refractivity contribution >= 4 is 9.84 Å². The number of hydrogen-bond acceptors (Lipinski definition) is 4. The Kier molecular flexibility index (Phi) is 4.76. The molecule has 0 spiro atoms. The van der Waals surface area contributed by atoms with E-state index in [2.05, 4.69) is 50.5 Å². The minimum Gasteiger partial charge on any atom is -0.271 e. The summed E-state index contributed by atoms with van der Waals surface area (Å²) in [7, 11) is -2.83. The SMILES string of the molecule is CC(C)(C)c1ccc(C(CC2CCS(=O)(=O)C2)NN)cc1. The van der Waals surface area contributed by atoms with Crippen molar-refractivity contribution in [2.75, 3.05) is 11.5 Å². The summed E-state index contributed by atoms with van der Waals surface area (Å²) in [6.45, 7) is 6.55. The Hall–Kier alpha value is -0.910. The van der Waals surface area contributed by atoms with Crippen LogP contribution in [-0.4, -0.2) is 19.9 Å². The number of hydrogen-bond donors (Lipinski definition) is 2. The van der Waals surface area contributed by atoms with Gasteiger partial charge in [0.15, 0.2) is 9.84 Å². The first-order valence-electron chi connectivity index (χ1n) is 7.48. The second-order valence-electron chi connectivity index (χ2n) is 7.10. The standard InChI is InChI=1S/C16H26N2O2S/c1-16(2,3)14-6-4-13(5-7-14)15(18-17)10-12-8-9-21(19,20)11-12/h4-7,12,15,18H,8-11,17H2,1-3H3. The molecule has 3 N–H and O–H groups in total. The fourth-order valence-corrected chi connectivity index (χ4v) is 4.79. The zero-order chi connectivity index (χ0) is 15.7. The predicted octanol–water partition coefficient (Wildman–Crippen LogP) is 2.31. The Morgan fingerprint density at radius 1 is 1.29 bits per heavy atom. The van der Waals surface area contributed by atoms with Crippen molar-refractivity contribution in [1.29, 1.82) is 0 Å². The summed E-state index contributed by atoms with van der Waals surface area (Å²) in [5.41, 5.74) is 5.37. The number of nitrogens with one attached hydrogen (secondary N) is 1. The van der Waals surface area contributed by atoms with Crippen molar-refractivity contribution in [3.63, 3.8) is 0 Å². The molecule has 0 aromatic heterocycles. The minimum absolute atomic E-state index is 0.0114. The Bertz CT molecular complexity index is 573. The Morgan fingerprint density at radius 3 is 2.33 bits per heavy atom. The van der Waals surface area contributed by atoms with Crippen LogP contribution in [0.25, 0.3) is 0 Å². The van der Waals surface area contributed by atoms with Crippen molar-refractivity contribution in [1.82, 2.24) is 5.43 Å². The molecule has 2 unspecified atom stereocenters. The van der Waals surface area contributed by atoms with Crippen LogP contribution in [0.3, 0.4) is 0 Å². The molecule has 0 saturated carbocycles. The monoisotopic (exact) mass is 310 g/mol. The van der Waals surface area contributed by atoms with Crippen molar-refractivity contribution < 1.29 is 8.42 Å². The molecule has 4 nitrogen and oxygen atoms in total. The van der Waals surface area contributed by atoms with Gasteiger partial charge in [-0.3, -0.25) is 11.3 Å². The van der Waals surface area contributed by atoms with Crippen LogP contribution in [-0.2, 0) is 15.3 Å². The van der Waals surface area contributed by atoms with E-state index in [1.165, 1.54) is 5.56 Å². The van der Waals surface area contributed by atoms with E-state index < -0.39 is 9.84 Å². The van der Waals surface area contributed by atoms with Gasteiger partial charge >= 0.3 is 0 Å². The molecule has 1 aromatic rings. The van der Waals surface area contributed by atoms with Crippen LogP contribution in [0.4, 0.5) is 0 Å². The van der Waals surface area contributed by atoms with E-state index in [9.17, 15) is 8.42 Å². The third-order valence-electron chi connectivity index (χ3n) is 4.28. The van der Waals surface area contributed by atoms with Crippen LogP contribution in [0, 0.1) is 5.92 Å². The zero-order valence-electron chi connectivity index (χ0n) is 13.1. The Labute approximate surface area is 128 Å². The lowest BCUT2D eigenvalue weighted by molar-refractivity contribution is 0.421. The molecular formula is C16H26N2O2S. The van der Waals surface area contributed by atoms with E-state index in [0.717, 1.165) is 18.4 Å². The van der Waals surface area contributed by atoms with Crippen LogP contribution in [0.2, 0.25) is 0 Å². The summed E-state index contributed by atoms with van der Waals surface area (Å²) >= 11 is 0. The van der Waals surface area contributed by atoms with Crippen LogP contribution in [0.1, 0.15) is 50.8 Å². The van der Waals surface area contributed by atoms with Crippen LogP contribution in [0.15, 0.2) is 24.3 Å². The molecule has 1 heterocycles. The lowest BCUT2D eigenvalue weighted by Crippen LogP contribution is -2.30. The van der Waals surface area contributed by atoms with Crippen LogP contribution < -0.4 is 11.3 Å². The van der Waals surface area contributed by atoms with Crippen LogP contribution >= 0.6 is 0 Å². The van der Waals surface area contributed by atoms with Crippen LogP contribution in [0.5, 0.6) is 0 Å². The molecule has 2 atom stereocenters. The van der Waals surface area contributed by atoms with E-state index in [0.29, 0.717) is 11.5 Å². The minimum atomic E-state index is -2.83. The average molecular weight is 310 g/mol. The maximum atomic E-state index is 11.6. The molecule has 0 bridgehead atoms. The summed E-state index contributed by atoms with van der Waals surface area (Å²) in [5.74, 6) is 6.50. The Morgan fingerprint density at radius 2 is 1.90 bits per heavy atom. The molecule has 2 rings (SSSR count). The van der Waals surface area contributed by atoms with Gasteiger partial charge in [0.05, 0.1) is 11.5 Å². The second kappa shape index (κ2) is 6.07. The van der Waals surface area contributed by atoms with Gasteiger partial charge in [0.2, 0.25) is 0 Å². The highest BCUT2D eigenvalue weighted by Gasteiger charge is 2.30. The normalized spacial score (nSPS) is 23.1. The van der Waals surface area contributed by atoms with E-state index in [4.69, 9.17) is 5.84 Å². The number of benzene rings is 1. The van der Waals surface area contributed by atoms with Crippen molar-refractivity contribution in [2.45, 2.75) is 45.1 Å². The number of rotatable bonds is 4. The number of sulfone groups is 1. The van der Waals surface area contributed by atoms with Crippen molar-refractivity contribution in [3.8, 4) is 0 Å². The summed E-state index contributed by atoms with van der Waals surface area (Å²) in [5, 5.41) is 0. The number of nitrogens with two attached hydrogens (primary N) is 1. The molecule has 1 saturated heterocycles. The van der Waals surface area contributed by atoms with Gasteiger partial charge in [0.25, 0.3) is 0 Å². The maximum absolute atomic E-state index is 11.6. The summed E-state index contributed by atoms with van der Waals surface area (Å²) in [6, 6.07) is 8.46. The Balaban J connectivity index is 2.08. The summed E-state index contributed by atoms with van der Waals surface area (Å²) < 4.78 is 23.1. The molecule has 5 heteroatoms. The molecule has 0 amide bonds. The zero-order valence-corrected chi connectivity index (χ0v) is 13.9. The molecule has 1 aliphatic rings. The highest BCUT2D eigenvalue weighted by molar-refractivity contribution is 7.91. The third kappa shape index (κ3) is 4.28. The fraction of sp³-hybridized carbons (Fsp3) is 0.625.